The standard InChI is InChI=1S/C21H22ClN3O4S.C2H6OS/c1-21(2,3)14-9-11-15(12-10-14)30(26,27)25-20-18(19(22)23-13-24-20)29-17-8-6-5-7-16(17)28-4;1-4(2)3/h5-13H,1-4H3,(H,23,24,25);1-2H3. The molecule has 184 valence electrons. The molecule has 0 saturated heterocycles. The zero-order chi connectivity index (χ0) is 25.5. The Kier molecular flexibility index (Phi) is 9.57. The van der Waals surface area contributed by atoms with E-state index in [0.29, 0.717) is 11.5 Å². The molecule has 0 aliphatic rings. The molecule has 0 unspecified atom stereocenters. The van der Waals surface area contributed by atoms with Gasteiger partial charge in [-0.2, -0.15) is 0 Å². The van der Waals surface area contributed by atoms with Crippen molar-refractivity contribution in [3.05, 3.63) is 65.6 Å². The fourth-order valence-corrected chi connectivity index (χ4v) is 3.83. The molecule has 1 N–H and O–H groups in total. The Morgan fingerprint density at radius 2 is 1.56 bits per heavy atom. The average molecular weight is 526 g/mol. The summed E-state index contributed by atoms with van der Waals surface area (Å²) in [5.41, 5.74) is 0.928. The summed E-state index contributed by atoms with van der Waals surface area (Å²) in [6, 6.07) is 13.6. The van der Waals surface area contributed by atoms with Crippen molar-refractivity contribution in [3.8, 4) is 17.2 Å². The van der Waals surface area contributed by atoms with Crippen LogP contribution in [0.3, 0.4) is 0 Å². The van der Waals surface area contributed by atoms with Gasteiger partial charge in [-0.15, -0.1) is 0 Å². The van der Waals surface area contributed by atoms with E-state index in [4.69, 9.17) is 21.1 Å². The zero-order valence-corrected chi connectivity index (χ0v) is 22.2. The number of nitrogens with one attached hydrogen (secondary N) is 1. The Hall–Kier alpha value is -2.53. The van der Waals surface area contributed by atoms with Crippen LogP contribution in [0.15, 0.2) is 59.8 Å². The fraction of sp³-hybridized carbons (Fsp3) is 0.304. The maximum atomic E-state index is 12.9. The van der Waals surface area contributed by atoms with Crippen LogP contribution in [-0.4, -0.2) is 42.6 Å². The van der Waals surface area contributed by atoms with E-state index >= 15 is 0 Å². The first-order valence-electron chi connectivity index (χ1n) is 10.0. The molecule has 0 saturated carbocycles. The van der Waals surface area contributed by atoms with Crippen LogP contribution >= 0.6 is 11.6 Å². The molecule has 0 aliphatic carbocycles. The van der Waals surface area contributed by atoms with E-state index in [1.807, 2.05) is 0 Å². The Morgan fingerprint density at radius 1 is 1.00 bits per heavy atom. The van der Waals surface area contributed by atoms with E-state index in [-0.39, 0.29) is 27.0 Å². The summed E-state index contributed by atoms with van der Waals surface area (Å²) >= 11 is 5.56. The maximum Gasteiger partial charge on any atom is 0.263 e. The van der Waals surface area contributed by atoms with Crippen LogP contribution in [0.25, 0.3) is 0 Å². The summed E-state index contributed by atoms with van der Waals surface area (Å²) in [6.45, 7) is 6.16. The highest BCUT2D eigenvalue weighted by Crippen LogP contribution is 2.38. The van der Waals surface area contributed by atoms with Gasteiger partial charge in [0.05, 0.1) is 24.5 Å². The minimum absolute atomic E-state index is 0.0291. The van der Waals surface area contributed by atoms with Crippen molar-refractivity contribution in [2.24, 2.45) is 0 Å². The molecule has 34 heavy (non-hydrogen) atoms. The van der Waals surface area contributed by atoms with Crippen molar-refractivity contribution in [1.82, 2.24) is 9.97 Å². The number of sulfonamides is 1. The van der Waals surface area contributed by atoms with Gasteiger partial charge in [0.25, 0.3) is 10.0 Å². The third kappa shape index (κ3) is 7.76. The first-order chi connectivity index (χ1) is 15.8. The topological polar surface area (TPSA) is 113 Å². The van der Waals surface area contributed by atoms with Gasteiger partial charge in [0.2, 0.25) is 5.75 Å². The Morgan fingerprint density at radius 3 is 2.09 bits per heavy atom. The van der Waals surface area contributed by atoms with Crippen LogP contribution in [0.2, 0.25) is 5.15 Å². The number of hydrogen-bond acceptors (Lipinski definition) is 7. The minimum atomic E-state index is -3.93. The normalized spacial score (nSPS) is 11.4. The molecule has 3 aromatic rings. The van der Waals surface area contributed by atoms with Gasteiger partial charge in [-0.05, 0) is 35.2 Å². The van der Waals surface area contributed by atoms with Crippen molar-refractivity contribution < 1.29 is 22.4 Å². The van der Waals surface area contributed by atoms with Gasteiger partial charge in [-0.3, -0.25) is 4.72 Å². The number of para-hydroxylation sites is 2. The van der Waals surface area contributed by atoms with Crippen molar-refractivity contribution in [2.45, 2.75) is 31.1 Å². The molecule has 0 fully saturated rings. The largest absolute Gasteiger partial charge is 0.617 e. The number of halogens is 1. The highest BCUT2D eigenvalue weighted by atomic mass is 35.5. The molecule has 0 aliphatic heterocycles. The van der Waals surface area contributed by atoms with Gasteiger partial charge < -0.3 is 14.0 Å². The summed E-state index contributed by atoms with van der Waals surface area (Å²) < 4.78 is 48.9. The van der Waals surface area contributed by atoms with E-state index in [1.54, 1.807) is 61.0 Å². The second-order valence-electron chi connectivity index (χ2n) is 8.22. The van der Waals surface area contributed by atoms with Crippen molar-refractivity contribution >= 4 is 38.6 Å². The monoisotopic (exact) mass is 525 g/mol. The second kappa shape index (κ2) is 11.7. The lowest BCUT2D eigenvalue weighted by Gasteiger charge is -2.19. The van der Waals surface area contributed by atoms with Gasteiger partial charge in [0.15, 0.2) is 22.5 Å². The molecule has 0 spiro atoms. The van der Waals surface area contributed by atoms with Crippen LogP contribution in [0.1, 0.15) is 26.3 Å². The quantitative estimate of drug-likeness (QED) is 0.355. The summed E-state index contributed by atoms with van der Waals surface area (Å²) in [5.74, 6) is 0.676. The first kappa shape index (κ1) is 27.7. The number of methoxy groups -OCH3 is 1. The molecule has 11 heteroatoms. The highest BCUT2D eigenvalue weighted by molar-refractivity contribution is 7.92. The highest BCUT2D eigenvalue weighted by Gasteiger charge is 2.22. The lowest BCUT2D eigenvalue weighted by Crippen LogP contribution is -2.16. The number of nitrogens with zero attached hydrogens (tertiary/aromatic N) is 2. The lowest BCUT2D eigenvalue weighted by atomic mass is 9.87. The predicted molar refractivity (Wildman–Crippen MR) is 136 cm³/mol. The molecule has 8 nitrogen and oxygen atoms in total. The van der Waals surface area contributed by atoms with E-state index in [9.17, 15) is 13.0 Å². The molecule has 1 heterocycles. The predicted octanol–water partition coefficient (Wildman–Crippen LogP) is 5.02. The van der Waals surface area contributed by atoms with Crippen LogP contribution in [0.4, 0.5) is 5.82 Å². The summed E-state index contributed by atoms with van der Waals surface area (Å²) in [6.07, 6.45) is 4.43. The Bertz CT molecular complexity index is 1200. The fourth-order valence-electron chi connectivity index (χ4n) is 2.65. The van der Waals surface area contributed by atoms with E-state index in [0.717, 1.165) is 11.9 Å². The number of rotatable bonds is 6. The first-order valence-corrected chi connectivity index (χ1v) is 13.9. The van der Waals surface area contributed by atoms with Crippen molar-refractivity contribution in [2.75, 3.05) is 24.3 Å². The van der Waals surface area contributed by atoms with E-state index in [1.165, 1.54) is 7.11 Å². The summed E-state index contributed by atoms with van der Waals surface area (Å²) in [7, 11) is -2.44. The Labute approximate surface area is 208 Å². The van der Waals surface area contributed by atoms with E-state index < -0.39 is 21.2 Å². The molecule has 0 amide bonds. The van der Waals surface area contributed by atoms with Crippen molar-refractivity contribution in [1.29, 1.82) is 0 Å². The molecule has 1 aromatic heterocycles. The lowest BCUT2D eigenvalue weighted by molar-refractivity contribution is 0.378. The third-order valence-corrected chi connectivity index (χ3v) is 5.93. The molecular formula is C23H28ClN3O5S2. The maximum absolute atomic E-state index is 12.9. The molecule has 0 radical (unpaired) electrons. The minimum Gasteiger partial charge on any atom is -0.617 e. The second-order valence-corrected chi connectivity index (χ2v) is 11.7. The van der Waals surface area contributed by atoms with Gasteiger partial charge in [-0.25, -0.2) is 18.4 Å². The summed E-state index contributed by atoms with van der Waals surface area (Å²) in [5, 5.41) is -0.0447. The molecule has 0 atom stereocenters. The van der Waals surface area contributed by atoms with Gasteiger partial charge in [0, 0.05) is 0 Å². The van der Waals surface area contributed by atoms with Crippen LogP contribution in [0.5, 0.6) is 17.2 Å². The van der Waals surface area contributed by atoms with E-state index in [2.05, 4.69) is 35.5 Å². The third-order valence-electron chi connectivity index (χ3n) is 4.30. The summed E-state index contributed by atoms with van der Waals surface area (Å²) in [4.78, 5) is 7.98. The Balaban J connectivity index is 0.000000945. The zero-order valence-electron chi connectivity index (χ0n) is 19.8. The smallest absolute Gasteiger partial charge is 0.263 e. The number of ether oxygens (including phenoxy) is 2. The SMILES string of the molecule is COc1ccccc1Oc1c(Cl)ncnc1NS(=O)(=O)c1ccc(C(C)(C)C)cc1.C[S+](C)[O-]. The van der Waals surface area contributed by atoms with Gasteiger partial charge in [-0.1, -0.05) is 67.8 Å². The van der Waals surface area contributed by atoms with Gasteiger partial charge >= 0.3 is 0 Å². The average Bonchev–Trinajstić information content (AvgIpc) is 2.75. The van der Waals surface area contributed by atoms with Crippen molar-refractivity contribution in [3.63, 3.8) is 0 Å². The van der Waals surface area contributed by atoms with Gasteiger partial charge in [0.1, 0.15) is 6.33 Å². The number of hydrogen-bond donors (Lipinski definition) is 1. The molecule has 3 rings (SSSR count). The molecule has 0 bridgehead atoms. The number of aromatic nitrogens is 2. The number of benzene rings is 2. The van der Waals surface area contributed by atoms with Crippen LogP contribution < -0.4 is 14.2 Å². The molecular weight excluding hydrogens is 498 g/mol. The molecule has 2 aromatic carbocycles. The number of anilines is 1. The van der Waals surface area contributed by atoms with Crippen LogP contribution in [0, 0.1) is 0 Å². The van der Waals surface area contributed by atoms with Crippen LogP contribution in [-0.2, 0) is 26.6 Å².